The first-order chi connectivity index (χ1) is 12.6. The van der Waals surface area contributed by atoms with E-state index in [9.17, 15) is 10.1 Å². The van der Waals surface area contributed by atoms with Crippen LogP contribution in [0.5, 0.6) is 0 Å². The van der Waals surface area contributed by atoms with Gasteiger partial charge in [-0.05, 0) is 49.2 Å². The Labute approximate surface area is 156 Å². The molecule has 3 heterocycles. The largest absolute Gasteiger partial charge is 0.465 e. The van der Waals surface area contributed by atoms with Gasteiger partial charge in [-0.2, -0.15) is 5.26 Å². The number of rotatable bonds is 4. The fourth-order valence-electron chi connectivity index (χ4n) is 4.41. The van der Waals surface area contributed by atoms with E-state index >= 15 is 0 Å². The normalized spacial score (nSPS) is 34.6. The van der Waals surface area contributed by atoms with Gasteiger partial charge in [-0.15, -0.1) is 0 Å². The molecule has 0 radical (unpaired) electrons. The lowest BCUT2D eigenvalue weighted by Crippen LogP contribution is -2.52. The lowest BCUT2D eigenvalue weighted by Gasteiger charge is -2.42. The van der Waals surface area contributed by atoms with Gasteiger partial charge < -0.3 is 15.3 Å². The molecular weight excluding hydrogens is 350 g/mol. The summed E-state index contributed by atoms with van der Waals surface area (Å²) in [6, 6.07) is 2.69. The average Bonchev–Trinajstić information content (AvgIpc) is 3.19. The minimum Gasteiger partial charge on any atom is -0.465 e. The SMILES string of the molecule is N#CCC1=N[C@]23SC=CC2=NC=C[C@H]3N1C1CCC(CNC(=O)O)CC1. The van der Waals surface area contributed by atoms with Gasteiger partial charge in [0.2, 0.25) is 0 Å². The van der Waals surface area contributed by atoms with Gasteiger partial charge in [0.1, 0.15) is 5.84 Å². The molecule has 1 amide bonds. The van der Waals surface area contributed by atoms with Gasteiger partial charge in [0.05, 0.1) is 24.2 Å². The number of nitriles is 1. The molecule has 0 aromatic heterocycles. The molecule has 3 aliphatic heterocycles. The number of aliphatic imine (C=N–C) groups is 2. The first-order valence-corrected chi connectivity index (χ1v) is 9.82. The number of hydrogen-bond acceptors (Lipinski definition) is 6. The first kappa shape index (κ1) is 17.2. The summed E-state index contributed by atoms with van der Waals surface area (Å²) in [5.41, 5.74) is 0.965. The van der Waals surface area contributed by atoms with Crippen molar-refractivity contribution in [1.82, 2.24) is 10.2 Å². The number of amides is 1. The Hall–Kier alpha value is -2.27. The molecular formula is C18H21N5O2S. The maximum Gasteiger partial charge on any atom is 0.404 e. The Morgan fingerprint density at radius 2 is 2.27 bits per heavy atom. The highest BCUT2D eigenvalue weighted by Crippen LogP contribution is 2.48. The van der Waals surface area contributed by atoms with Gasteiger partial charge in [-0.3, -0.25) is 4.99 Å². The van der Waals surface area contributed by atoms with Crippen molar-refractivity contribution in [1.29, 1.82) is 5.26 Å². The standard InChI is InChI=1S/C18H21N5O2S/c19-8-5-16-22-18-14(7-10-26-18)20-9-6-15(18)23(16)13-3-1-12(2-4-13)11-21-17(24)25/h6-7,9-10,12-13,15,21H,1-5,11H2,(H,24,25)/t12?,13?,15-,18+/m1/s1. The van der Waals surface area contributed by atoms with Crippen LogP contribution in [0.2, 0.25) is 0 Å². The highest BCUT2D eigenvalue weighted by molar-refractivity contribution is 8.04. The Morgan fingerprint density at radius 1 is 1.46 bits per heavy atom. The molecule has 0 bridgehead atoms. The quantitative estimate of drug-likeness (QED) is 0.791. The molecule has 1 fully saturated rings. The van der Waals surface area contributed by atoms with Gasteiger partial charge >= 0.3 is 6.09 Å². The molecule has 0 saturated heterocycles. The second-order valence-corrected chi connectivity index (χ2v) is 8.18. The maximum absolute atomic E-state index is 10.7. The molecule has 0 unspecified atom stereocenters. The average molecular weight is 371 g/mol. The predicted octanol–water partition coefficient (Wildman–Crippen LogP) is 2.73. The highest BCUT2D eigenvalue weighted by Gasteiger charge is 2.54. The van der Waals surface area contributed by atoms with Crippen LogP contribution < -0.4 is 5.32 Å². The summed E-state index contributed by atoms with van der Waals surface area (Å²) >= 11 is 1.68. The van der Waals surface area contributed by atoms with E-state index in [-0.39, 0.29) is 6.04 Å². The summed E-state index contributed by atoms with van der Waals surface area (Å²) < 4.78 is 0. The first-order valence-electron chi connectivity index (χ1n) is 8.94. The van der Waals surface area contributed by atoms with Crippen molar-refractivity contribution >= 4 is 29.4 Å². The van der Waals surface area contributed by atoms with E-state index in [2.05, 4.69) is 27.4 Å². The Kier molecular flexibility index (Phi) is 4.49. The number of thioether (sulfide) groups is 1. The van der Waals surface area contributed by atoms with E-state index in [4.69, 9.17) is 10.1 Å². The number of carboxylic acid groups (broad SMARTS) is 1. The molecule has 4 rings (SSSR count). The summed E-state index contributed by atoms with van der Waals surface area (Å²) in [7, 11) is 0. The van der Waals surface area contributed by atoms with Gasteiger partial charge in [0.25, 0.3) is 0 Å². The molecule has 0 aromatic carbocycles. The zero-order valence-electron chi connectivity index (χ0n) is 14.3. The van der Waals surface area contributed by atoms with E-state index in [1.165, 1.54) is 0 Å². The van der Waals surface area contributed by atoms with E-state index in [0.717, 1.165) is 37.2 Å². The van der Waals surface area contributed by atoms with E-state index in [1.807, 2.05) is 17.7 Å². The van der Waals surface area contributed by atoms with Crippen LogP contribution in [0.25, 0.3) is 0 Å². The molecule has 7 nitrogen and oxygen atoms in total. The van der Waals surface area contributed by atoms with Crippen molar-refractivity contribution < 1.29 is 9.90 Å². The van der Waals surface area contributed by atoms with Gasteiger partial charge in [0.15, 0.2) is 4.87 Å². The highest BCUT2D eigenvalue weighted by atomic mass is 32.2. The van der Waals surface area contributed by atoms with Crippen molar-refractivity contribution in [2.75, 3.05) is 6.54 Å². The minimum atomic E-state index is -0.957. The molecule has 26 heavy (non-hydrogen) atoms. The molecule has 4 aliphatic rings. The van der Waals surface area contributed by atoms with Crippen molar-refractivity contribution in [3.05, 3.63) is 23.8 Å². The van der Waals surface area contributed by atoms with Crippen LogP contribution in [0.15, 0.2) is 33.7 Å². The molecule has 0 aromatic rings. The Morgan fingerprint density at radius 3 is 3.00 bits per heavy atom. The lowest BCUT2D eigenvalue weighted by molar-refractivity contribution is 0.174. The molecule has 1 saturated carbocycles. The number of hydrogen-bond donors (Lipinski definition) is 2. The summed E-state index contributed by atoms with van der Waals surface area (Å²) in [6.45, 7) is 0.519. The van der Waals surface area contributed by atoms with Gasteiger partial charge in [-0.1, -0.05) is 11.8 Å². The predicted molar refractivity (Wildman–Crippen MR) is 101 cm³/mol. The van der Waals surface area contributed by atoms with Crippen LogP contribution in [-0.2, 0) is 0 Å². The Bertz CT molecular complexity index is 760. The molecule has 2 atom stereocenters. The van der Waals surface area contributed by atoms with E-state index < -0.39 is 11.0 Å². The molecule has 1 spiro atoms. The zero-order chi connectivity index (χ0) is 18.1. The van der Waals surface area contributed by atoms with Crippen LogP contribution >= 0.6 is 11.8 Å². The summed E-state index contributed by atoms with van der Waals surface area (Å²) in [4.78, 5) is 22.1. The molecule has 8 heteroatoms. The van der Waals surface area contributed by atoms with Crippen molar-refractivity contribution in [3.8, 4) is 6.07 Å². The zero-order valence-corrected chi connectivity index (χ0v) is 15.2. The monoisotopic (exact) mass is 371 g/mol. The third-order valence-corrected chi connectivity index (χ3v) is 6.78. The second kappa shape index (κ2) is 6.80. The fourth-order valence-corrected chi connectivity index (χ4v) is 5.55. The van der Waals surface area contributed by atoms with Crippen LogP contribution in [0, 0.1) is 17.2 Å². The molecule has 1 aliphatic carbocycles. The fraction of sp³-hybridized carbons (Fsp3) is 0.556. The summed E-state index contributed by atoms with van der Waals surface area (Å²) in [5, 5.41) is 22.6. The number of nitrogens with zero attached hydrogens (tertiary/aromatic N) is 4. The van der Waals surface area contributed by atoms with Crippen molar-refractivity contribution in [2.45, 2.75) is 49.1 Å². The van der Waals surface area contributed by atoms with Crippen LogP contribution in [0.4, 0.5) is 4.79 Å². The van der Waals surface area contributed by atoms with Crippen molar-refractivity contribution in [2.24, 2.45) is 15.9 Å². The summed E-state index contributed by atoms with van der Waals surface area (Å²) in [5.74, 6) is 1.25. The lowest BCUT2D eigenvalue weighted by atomic mass is 9.84. The third kappa shape index (κ3) is 2.80. The van der Waals surface area contributed by atoms with Gasteiger partial charge in [-0.25, -0.2) is 9.79 Å². The van der Waals surface area contributed by atoms with E-state index in [0.29, 0.717) is 24.9 Å². The number of carbonyl (C=O) groups is 1. The minimum absolute atomic E-state index is 0.0945. The molecule has 136 valence electrons. The smallest absolute Gasteiger partial charge is 0.404 e. The van der Waals surface area contributed by atoms with Gasteiger partial charge in [0, 0.05) is 18.8 Å². The second-order valence-electron chi connectivity index (χ2n) is 7.05. The topological polar surface area (TPSA) is 101 Å². The molecule has 2 N–H and O–H groups in total. The van der Waals surface area contributed by atoms with Crippen LogP contribution in [0.1, 0.15) is 32.1 Å². The summed E-state index contributed by atoms with van der Waals surface area (Å²) in [6.07, 6.45) is 9.27. The number of amidine groups is 1. The van der Waals surface area contributed by atoms with Crippen LogP contribution in [-0.4, -0.2) is 51.1 Å². The maximum atomic E-state index is 10.7. The number of nitrogens with one attached hydrogen (secondary N) is 1. The van der Waals surface area contributed by atoms with Crippen molar-refractivity contribution in [3.63, 3.8) is 0 Å². The van der Waals surface area contributed by atoms with Crippen LogP contribution in [0.3, 0.4) is 0 Å². The Balaban J connectivity index is 1.51. The van der Waals surface area contributed by atoms with E-state index in [1.54, 1.807) is 11.8 Å². The third-order valence-electron chi connectivity index (χ3n) is 5.61.